The maximum absolute atomic E-state index is 12.3. The van der Waals surface area contributed by atoms with Gasteiger partial charge in [0.1, 0.15) is 5.00 Å². The molecule has 6 heteroatoms. The van der Waals surface area contributed by atoms with Crippen LogP contribution in [0.5, 0.6) is 0 Å². The van der Waals surface area contributed by atoms with E-state index in [1.807, 2.05) is 6.92 Å². The Morgan fingerprint density at radius 1 is 1.32 bits per heavy atom. The van der Waals surface area contributed by atoms with Crippen molar-refractivity contribution in [1.29, 1.82) is 0 Å². The van der Waals surface area contributed by atoms with Crippen LogP contribution in [0.15, 0.2) is 0 Å². The highest BCUT2D eigenvalue weighted by Crippen LogP contribution is 2.39. The molecule has 1 saturated heterocycles. The van der Waals surface area contributed by atoms with Crippen molar-refractivity contribution in [3.05, 3.63) is 10.7 Å². The van der Waals surface area contributed by atoms with E-state index in [1.54, 1.807) is 11.3 Å². The van der Waals surface area contributed by atoms with Crippen molar-refractivity contribution >= 4 is 22.3 Å². The van der Waals surface area contributed by atoms with Gasteiger partial charge in [-0.05, 0) is 19.8 Å². The highest BCUT2D eigenvalue weighted by atomic mass is 32.1. The summed E-state index contributed by atoms with van der Waals surface area (Å²) < 4.78 is 10.6. The first-order valence-electron chi connectivity index (χ1n) is 8.30. The lowest BCUT2D eigenvalue weighted by Gasteiger charge is -2.27. The second kappa shape index (κ2) is 7.42. The second-order valence-electron chi connectivity index (χ2n) is 5.86. The lowest BCUT2D eigenvalue weighted by molar-refractivity contribution is 0.0520. The Bertz CT molecular complexity index is 505. The normalized spacial score (nSPS) is 20.1. The number of hydrogen-bond donors (Lipinski definition) is 0. The maximum atomic E-state index is 12.3. The summed E-state index contributed by atoms with van der Waals surface area (Å²) in [6.07, 6.45) is 6.25. The largest absolute Gasteiger partial charge is 0.461 e. The van der Waals surface area contributed by atoms with Crippen LogP contribution in [0.4, 0.5) is 5.00 Å². The average molecular weight is 324 g/mol. The zero-order valence-corrected chi connectivity index (χ0v) is 14.0. The standard InChI is InChI=1S/C16H24N2O3S/c1-2-21-16(19)13-15(18-8-10-20-11-9-18)22-14(17-13)12-6-4-3-5-7-12/h12H,2-11H2,1H3. The second-order valence-corrected chi connectivity index (χ2v) is 6.87. The maximum Gasteiger partial charge on any atom is 0.360 e. The Balaban J connectivity index is 1.87. The van der Waals surface area contributed by atoms with Gasteiger partial charge in [0, 0.05) is 19.0 Å². The zero-order valence-electron chi connectivity index (χ0n) is 13.2. The molecule has 2 aliphatic rings. The molecule has 1 saturated carbocycles. The first-order valence-corrected chi connectivity index (χ1v) is 9.11. The van der Waals surface area contributed by atoms with E-state index < -0.39 is 0 Å². The highest BCUT2D eigenvalue weighted by molar-refractivity contribution is 7.16. The number of hydrogen-bond acceptors (Lipinski definition) is 6. The van der Waals surface area contributed by atoms with E-state index in [0.29, 0.717) is 31.4 Å². The van der Waals surface area contributed by atoms with E-state index in [2.05, 4.69) is 9.88 Å². The molecule has 0 radical (unpaired) electrons. The van der Waals surface area contributed by atoms with E-state index in [0.717, 1.165) is 23.1 Å². The van der Waals surface area contributed by atoms with Crippen LogP contribution in [0.2, 0.25) is 0 Å². The van der Waals surface area contributed by atoms with Gasteiger partial charge in [-0.2, -0.15) is 0 Å². The molecule has 122 valence electrons. The Hall–Kier alpha value is -1.14. The third-order valence-electron chi connectivity index (χ3n) is 4.35. The van der Waals surface area contributed by atoms with Crippen molar-refractivity contribution < 1.29 is 14.3 Å². The summed E-state index contributed by atoms with van der Waals surface area (Å²) in [6, 6.07) is 0. The molecule has 0 N–H and O–H groups in total. The van der Waals surface area contributed by atoms with Gasteiger partial charge in [0.05, 0.1) is 24.8 Å². The number of ether oxygens (including phenoxy) is 2. The number of anilines is 1. The smallest absolute Gasteiger partial charge is 0.360 e. The number of thiazole rings is 1. The van der Waals surface area contributed by atoms with Crippen molar-refractivity contribution in [2.24, 2.45) is 0 Å². The van der Waals surface area contributed by atoms with Gasteiger partial charge in [-0.25, -0.2) is 9.78 Å². The molecule has 22 heavy (non-hydrogen) atoms. The van der Waals surface area contributed by atoms with Gasteiger partial charge < -0.3 is 14.4 Å². The number of morpholine rings is 1. The van der Waals surface area contributed by atoms with E-state index in [-0.39, 0.29) is 5.97 Å². The quantitative estimate of drug-likeness (QED) is 0.796. The summed E-state index contributed by atoms with van der Waals surface area (Å²) in [5.41, 5.74) is 0.509. The topological polar surface area (TPSA) is 51.7 Å². The number of carbonyl (C=O) groups is 1. The number of nitrogens with zero attached hydrogens (tertiary/aromatic N) is 2. The number of aromatic nitrogens is 1. The Labute approximate surface area is 135 Å². The molecule has 1 aromatic rings. The lowest BCUT2D eigenvalue weighted by Crippen LogP contribution is -2.36. The van der Waals surface area contributed by atoms with Gasteiger partial charge in [-0.3, -0.25) is 0 Å². The van der Waals surface area contributed by atoms with Crippen LogP contribution in [0.1, 0.15) is 60.4 Å². The summed E-state index contributed by atoms with van der Waals surface area (Å²) >= 11 is 1.69. The van der Waals surface area contributed by atoms with Gasteiger partial charge >= 0.3 is 5.97 Å². The molecule has 3 rings (SSSR count). The molecule has 0 spiro atoms. The third-order valence-corrected chi connectivity index (χ3v) is 5.63. The molecule has 5 nitrogen and oxygen atoms in total. The highest BCUT2D eigenvalue weighted by Gasteiger charge is 2.28. The Kier molecular flexibility index (Phi) is 5.31. The minimum Gasteiger partial charge on any atom is -0.461 e. The van der Waals surface area contributed by atoms with Crippen LogP contribution >= 0.6 is 11.3 Å². The van der Waals surface area contributed by atoms with E-state index in [4.69, 9.17) is 9.47 Å². The van der Waals surface area contributed by atoms with Crippen molar-refractivity contribution in [3.8, 4) is 0 Å². The number of rotatable bonds is 4. The summed E-state index contributed by atoms with van der Waals surface area (Å²) in [5.74, 6) is 0.226. The summed E-state index contributed by atoms with van der Waals surface area (Å²) in [7, 11) is 0. The Morgan fingerprint density at radius 2 is 2.05 bits per heavy atom. The van der Waals surface area contributed by atoms with Crippen LogP contribution in [0, 0.1) is 0 Å². The van der Waals surface area contributed by atoms with Crippen molar-refractivity contribution in [1.82, 2.24) is 4.98 Å². The molecule has 0 bridgehead atoms. The molecule has 1 aliphatic carbocycles. The van der Waals surface area contributed by atoms with E-state index in [9.17, 15) is 4.79 Å². The molecule has 0 unspecified atom stereocenters. The molecule has 1 aliphatic heterocycles. The van der Waals surface area contributed by atoms with Crippen molar-refractivity contribution in [2.75, 3.05) is 37.8 Å². The van der Waals surface area contributed by atoms with E-state index >= 15 is 0 Å². The summed E-state index contributed by atoms with van der Waals surface area (Å²) in [4.78, 5) is 19.2. The average Bonchev–Trinajstić information content (AvgIpc) is 3.02. The molecule has 2 fully saturated rings. The van der Waals surface area contributed by atoms with Crippen molar-refractivity contribution in [3.63, 3.8) is 0 Å². The zero-order chi connectivity index (χ0) is 15.4. The molecule has 2 heterocycles. The fraction of sp³-hybridized carbons (Fsp3) is 0.750. The van der Waals surface area contributed by atoms with Crippen LogP contribution in [0.25, 0.3) is 0 Å². The van der Waals surface area contributed by atoms with Gasteiger partial charge in [0.15, 0.2) is 5.69 Å². The fourth-order valence-corrected chi connectivity index (χ4v) is 4.44. The van der Waals surface area contributed by atoms with Crippen LogP contribution < -0.4 is 4.90 Å². The van der Waals surface area contributed by atoms with Gasteiger partial charge in [0.25, 0.3) is 0 Å². The van der Waals surface area contributed by atoms with Crippen LogP contribution in [-0.4, -0.2) is 43.9 Å². The number of carbonyl (C=O) groups excluding carboxylic acids is 1. The molecule has 0 aromatic carbocycles. The van der Waals surface area contributed by atoms with Gasteiger partial charge in [-0.1, -0.05) is 19.3 Å². The van der Waals surface area contributed by atoms with Gasteiger partial charge in [-0.15, -0.1) is 11.3 Å². The molecular formula is C16H24N2O3S. The first-order chi connectivity index (χ1) is 10.8. The monoisotopic (exact) mass is 324 g/mol. The predicted octanol–water partition coefficient (Wildman–Crippen LogP) is 3.20. The Morgan fingerprint density at radius 3 is 2.73 bits per heavy atom. The fourth-order valence-electron chi connectivity index (χ4n) is 3.17. The predicted molar refractivity (Wildman–Crippen MR) is 86.9 cm³/mol. The van der Waals surface area contributed by atoms with Crippen LogP contribution in [0.3, 0.4) is 0 Å². The molecule has 0 amide bonds. The number of esters is 1. The lowest BCUT2D eigenvalue weighted by atomic mass is 9.90. The summed E-state index contributed by atoms with van der Waals surface area (Å²) in [6.45, 7) is 5.27. The summed E-state index contributed by atoms with van der Waals surface area (Å²) in [5, 5.41) is 2.09. The van der Waals surface area contributed by atoms with Crippen LogP contribution in [-0.2, 0) is 9.47 Å². The molecule has 0 atom stereocenters. The SMILES string of the molecule is CCOC(=O)c1nc(C2CCCCC2)sc1N1CCOCC1. The first kappa shape index (κ1) is 15.7. The van der Waals surface area contributed by atoms with Gasteiger partial charge in [0.2, 0.25) is 0 Å². The minimum absolute atomic E-state index is 0.290. The minimum atomic E-state index is -0.290. The third kappa shape index (κ3) is 3.43. The molecular weight excluding hydrogens is 300 g/mol. The van der Waals surface area contributed by atoms with Crippen molar-refractivity contribution in [2.45, 2.75) is 44.9 Å². The molecule has 1 aromatic heterocycles. The van der Waals surface area contributed by atoms with E-state index in [1.165, 1.54) is 32.1 Å².